The van der Waals surface area contributed by atoms with Gasteiger partial charge in [0.15, 0.2) is 5.82 Å². The van der Waals surface area contributed by atoms with Gasteiger partial charge in [-0.1, -0.05) is 0 Å². The molecule has 0 spiro atoms. The zero-order valence-corrected chi connectivity index (χ0v) is 13.1. The Balaban J connectivity index is 1.86. The van der Waals surface area contributed by atoms with Gasteiger partial charge < -0.3 is 14.8 Å². The molecule has 0 fully saturated rings. The van der Waals surface area contributed by atoms with Gasteiger partial charge in [-0.2, -0.15) is 5.10 Å². The number of furan rings is 1. The fourth-order valence-corrected chi connectivity index (χ4v) is 2.47. The lowest BCUT2D eigenvalue weighted by Crippen LogP contribution is -2.14. The molecule has 2 N–H and O–H groups in total. The van der Waals surface area contributed by atoms with Gasteiger partial charge in [0.2, 0.25) is 0 Å². The molecule has 1 atom stereocenters. The van der Waals surface area contributed by atoms with E-state index >= 15 is 0 Å². The average molecular weight is 313 g/mol. The molecule has 0 saturated carbocycles. The summed E-state index contributed by atoms with van der Waals surface area (Å²) in [6, 6.07) is 5.50. The molecule has 0 aliphatic heterocycles. The van der Waals surface area contributed by atoms with Gasteiger partial charge in [0.25, 0.3) is 0 Å². The molecule has 0 radical (unpaired) electrons. The molecule has 7 heteroatoms. The molecular weight excluding hydrogens is 294 g/mol. The molecule has 3 aromatic rings. The van der Waals surface area contributed by atoms with Crippen LogP contribution >= 0.6 is 0 Å². The zero-order chi connectivity index (χ0) is 16.2. The first-order valence-corrected chi connectivity index (χ1v) is 7.44. The van der Waals surface area contributed by atoms with Crippen LogP contribution in [0.15, 0.2) is 41.3 Å². The average Bonchev–Trinajstić information content (AvgIpc) is 3.17. The Labute approximate surface area is 134 Å². The summed E-state index contributed by atoms with van der Waals surface area (Å²) in [6.07, 6.45) is 5.43. The molecule has 0 bridgehead atoms. The van der Waals surface area contributed by atoms with Crippen molar-refractivity contribution in [3.05, 3.63) is 54.0 Å². The third-order valence-electron chi connectivity index (χ3n) is 3.47. The normalized spacial score (nSPS) is 12.3. The molecule has 0 aliphatic carbocycles. The summed E-state index contributed by atoms with van der Waals surface area (Å²) < 4.78 is 7.17. The number of nitrogens with one attached hydrogen (secondary N) is 1. The Morgan fingerprint density at radius 2 is 2.22 bits per heavy atom. The first-order chi connectivity index (χ1) is 11.2. The molecule has 0 amide bonds. The van der Waals surface area contributed by atoms with Crippen LogP contribution in [0.3, 0.4) is 0 Å². The Morgan fingerprint density at radius 3 is 2.87 bits per heavy atom. The van der Waals surface area contributed by atoms with Crippen molar-refractivity contribution in [2.24, 2.45) is 0 Å². The molecule has 0 aliphatic rings. The molecule has 0 saturated heterocycles. The van der Waals surface area contributed by atoms with Crippen LogP contribution in [0.25, 0.3) is 5.82 Å². The third-order valence-corrected chi connectivity index (χ3v) is 3.47. The summed E-state index contributed by atoms with van der Waals surface area (Å²) in [5.41, 5.74) is 1.92. The predicted octanol–water partition coefficient (Wildman–Crippen LogP) is 2.41. The Hall–Kier alpha value is -2.67. The second-order valence-electron chi connectivity index (χ2n) is 5.33. The molecule has 0 aromatic carbocycles. The number of aryl methyl sites for hydroxylation is 2. The van der Waals surface area contributed by atoms with E-state index in [4.69, 9.17) is 4.42 Å². The molecular formula is C16H19N5O2. The van der Waals surface area contributed by atoms with E-state index in [1.54, 1.807) is 23.3 Å². The van der Waals surface area contributed by atoms with Crippen molar-refractivity contribution in [1.82, 2.24) is 19.7 Å². The summed E-state index contributed by atoms with van der Waals surface area (Å²) in [5, 5.41) is 16.9. The topological polar surface area (TPSA) is 89.0 Å². The standard InChI is InChI=1S/C16H19N5O2/c1-11-8-12(2)21(20-11)16-10-17-9-15(19-16)18-13(5-6-22)14-4-3-7-23-14/h3-4,7-10,13,22H,5-6H2,1-2H3,(H,18,19). The minimum absolute atomic E-state index is 0.0446. The van der Waals surface area contributed by atoms with E-state index in [1.807, 2.05) is 32.0 Å². The van der Waals surface area contributed by atoms with Crippen LogP contribution in [-0.2, 0) is 0 Å². The molecule has 1 unspecified atom stereocenters. The van der Waals surface area contributed by atoms with Gasteiger partial charge in [-0.3, -0.25) is 4.98 Å². The highest BCUT2D eigenvalue weighted by molar-refractivity contribution is 5.38. The lowest BCUT2D eigenvalue weighted by Gasteiger charge is -2.16. The van der Waals surface area contributed by atoms with Crippen LogP contribution < -0.4 is 5.32 Å². The van der Waals surface area contributed by atoms with Crippen LogP contribution in [0.5, 0.6) is 0 Å². The van der Waals surface area contributed by atoms with Gasteiger partial charge in [-0.15, -0.1) is 0 Å². The van der Waals surface area contributed by atoms with Gasteiger partial charge in [-0.25, -0.2) is 9.67 Å². The van der Waals surface area contributed by atoms with Gasteiger partial charge in [0.05, 0.1) is 30.4 Å². The summed E-state index contributed by atoms with van der Waals surface area (Å²) in [4.78, 5) is 8.78. The largest absolute Gasteiger partial charge is 0.467 e. The van der Waals surface area contributed by atoms with Crippen molar-refractivity contribution in [2.45, 2.75) is 26.3 Å². The maximum absolute atomic E-state index is 9.25. The van der Waals surface area contributed by atoms with E-state index < -0.39 is 0 Å². The van der Waals surface area contributed by atoms with Crippen LogP contribution in [0.2, 0.25) is 0 Å². The minimum Gasteiger partial charge on any atom is -0.467 e. The second-order valence-corrected chi connectivity index (χ2v) is 5.33. The Morgan fingerprint density at radius 1 is 1.35 bits per heavy atom. The first-order valence-electron chi connectivity index (χ1n) is 7.44. The Bertz CT molecular complexity index is 767. The van der Waals surface area contributed by atoms with Crippen LogP contribution in [0, 0.1) is 13.8 Å². The van der Waals surface area contributed by atoms with Crippen molar-refractivity contribution in [1.29, 1.82) is 0 Å². The van der Waals surface area contributed by atoms with E-state index in [0.717, 1.165) is 17.1 Å². The minimum atomic E-state index is -0.167. The highest BCUT2D eigenvalue weighted by Crippen LogP contribution is 2.22. The van der Waals surface area contributed by atoms with Gasteiger partial charge >= 0.3 is 0 Å². The van der Waals surface area contributed by atoms with Gasteiger partial charge in [-0.05, 0) is 38.5 Å². The van der Waals surface area contributed by atoms with Crippen molar-refractivity contribution in [3.8, 4) is 5.82 Å². The number of hydrogen-bond donors (Lipinski definition) is 2. The van der Waals surface area contributed by atoms with E-state index in [9.17, 15) is 5.11 Å². The van der Waals surface area contributed by atoms with Crippen molar-refractivity contribution in [3.63, 3.8) is 0 Å². The Kier molecular flexibility index (Phi) is 4.38. The number of aromatic nitrogens is 4. The number of nitrogens with zero attached hydrogens (tertiary/aromatic N) is 4. The molecule has 23 heavy (non-hydrogen) atoms. The highest BCUT2D eigenvalue weighted by Gasteiger charge is 2.15. The van der Waals surface area contributed by atoms with Crippen molar-refractivity contribution >= 4 is 5.82 Å². The first kappa shape index (κ1) is 15.2. The fraction of sp³-hybridized carbons (Fsp3) is 0.312. The number of hydrogen-bond acceptors (Lipinski definition) is 6. The molecule has 3 heterocycles. The zero-order valence-electron chi connectivity index (χ0n) is 13.1. The number of rotatable bonds is 6. The van der Waals surface area contributed by atoms with Crippen molar-refractivity contribution in [2.75, 3.05) is 11.9 Å². The fourth-order valence-electron chi connectivity index (χ4n) is 2.47. The van der Waals surface area contributed by atoms with Gasteiger partial charge in [0.1, 0.15) is 11.6 Å². The SMILES string of the molecule is Cc1cc(C)n(-c2cncc(NC(CCO)c3ccco3)n2)n1. The smallest absolute Gasteiger partial charge is 0.174 e. The number of anilines is 1. The quantitative estimate of drug-likeness (QED) is 0.726. The summed E-state index contributed by atoms with van der Waals surface area (Å²) in [6.45, 7) is 3.95. The van der Waals surface area contributed by atoms with E-state index in [1.165, 1.54) is 0 Å². The highest BCUT2D eigenvalue weighted by atomic mass is 16.3. The van der Waals surface area contributed by atoms with Crippen molar-refractivity contribution < 1.29 is 9.52 Å². The summed E-state index contributed by atoms with van der Waals surface area (Å²) in [7, 11) is 0. The molecule has 7 nitrogen and oxygen atoms in total. The predicted molar refractivity (Wildman–Crippen MR) is 85.4 cm³/mol. The summed E-state index contributed by atoms with van der Waals surface area (Å²) in [5.74, 6) is 1.99. The maximum Gasteiger partial charge on any atom is 0.174 e. The number of aliphatic hydroxyl groups excluding tert-OH is 1. The molecule has 120 valence electrons. The van der Waals surface area contributed by atoms with Crippen LogP contribution in [0.4, 0.5) is 5.82 Å². The van der Waals surface area contributed by atoms with Crippen LogP contribution in [-0.4, -0.2) is 31.5 Å². The van der Waals surface area contributed by atoms with E-state index in [-0.39, 0.29) is 12.6 Å². The lowest BCUT2D eigenvalue weighted by atomic mass is 10.1. The molecule has 3 aromatic heterocycles. The monoisotopic (exact) mass is 313 g/mol. The van der Waals surface area contributed by atoms with E-state index in [0.29, 0.717) is 18.1 Å². The van der Waals surface area contributed by atoms with E-state index in [2.05, 4.69) is 20.4 Å². The third kappa shape index (κ3) is 3.40. The summed E-state index contributed by atoms with van der Waals surface area (Å²) >= 11 is 0. The molecule has 3 rings (SSSR count). The maximum atomic E-state index is 9.25. The second kappa shape index (κ2) is 6.62. The lowest BCUT2D eigenvalue weighted by molar-refractivity contribution is 0.273. The number of aliphatic hydroxyl groups is 1. The van der Waals surface area contributed by atoms with Crippen LogP contribution in [0.1, 0.15) is 29.6 Å². The van der Waals surface area contributed by atoms with Gasteiger partial charge in [0, 0.05) is 12.3 Å².